The highest BCUT2D eigenvalue weighted by Crippen LogP contribution is 2.07. The number of nitrogens with zero attached hydrogens (tertiary/aromatic N) is 2. The SMILES string of the molecule is CCc1ccc(CN(C)C(=NC)NCCNS(=O)(=O)CC)cc1. The zero-order valence-electron chi connectivity index (χ0n) is 14.5. The zero-order valence-corrected chi connectivity index (χ0v) is 15.3. The highest BCUT2D eigenvalue weighted by Gasteiger charge is 2.08. The van der Waals surface area contributed by atoms with Gasteiger partial charge in [0.1, 0.15) is 0 Å². The summed E-state index contributed by atoms with van der Waals surface area (Å²) in [4.78, 5) is 6.24. The van der Waals surface area contributed by atoms with Crippen LogP contribution in [-0.2, 0) is 23.0 Å². The smallest absolute Gasteiger partial charge is 0.211 e. The molecular weight excluding hydrogens is 312 g/mol. The topological polar surface area (TPSA) is 73.8 Å². The Morgan fingerprint density at radius 2 is 1.74 bits per heavy atom. The van der Waals surface area contributed by atoms with Crippen LogP contribution in [0.2, 0.25) is 0 Å². The van der Waals surface area contributed by atoms with E-state index in [9.17, 15) is 8.42 Å². The molecule has 0 fully saturated rings. The van der Waals surface area contributed by atoms with Gasteiger partial charge in [-0.2, -0.15) is 0 Å². The summed E-state index contributed by atoms with van der Waals surface area (Å²) in [6.45, 7) is 5.33. The first-order valence-electron chi connectivity index (χ1n) is 7.88. The fourth-order valence-electron chi connectivity index (χ4n) is 2.10. The van der Waals surface area contributed by atoms with Gasteiger partial charge in [-0.05, 0) is 24.5 Å². The van der Waals surface area contributed by atoms with Crippen LogP contribution in [0.5, 0.6) is 0 Å². The first-order chi connectivity index (χ1) is 10.9. The summed E-state index contributed by atoms with van der Waals surface area (Å²) in [5, 5.41) is 3.16. The summed E-state index contributed by atoms with van der Waals surface area (Å²) < 4.78 is 25.2. The normalized spacial score (nSPS) is 12.3. The van der Waals surface area contributed by atoms with Crippen molar-refractivity contribution in [2.24, 2.45) is 4.99 Å². The highest BCUT2D eigenvalue weighted by molar-refractivity contribution is 7.89. The predicted octanol–water partition coefficient (Wildman–Crippen LogP) is 1.20. The second kappa shape index (κ2) is 9.52. The average Bonchev–Trinajstić information content (AvgIpc) is 2.55. The maximum absolute atomic E-state index is 11.4. The van der Waals surface area contributed by atoms with Crippen molar-refractivity contribution in [3.05, 3.63) is 35.4 Å². The minimum Gasteiger partial charge on any atom is -0.355 e. The number of nitrogens with one attached hydrogen (secondary N) is 2. The Labute approximate surface area is 140 Å². The zero-order chi connectivity index (χ0) is 17.3. The first-order valence-corrected chi connectivity index (χ1v) is 9.54. The quantitative estimate of drug-likeness (QED) is 0.424. The molecule has 0 saturated carbocycles. The van der Waals surface area contributed by atoms with Crippen molar-refractivity contribution in [3.63, 3.8) is 0 Å². The standard InChI is InChI=1S/C16H28N4O2S/c1-5-14-7-9-15(10-8-14)13-20(4)16(17-3)18-11-12-19-23(21,22)6-2/h7-10,19H,5-6,11-13H2,1-4H3,(H,17,18). The molecule has 2 N–H and O–H groups in total. The molecule has 0 aliphatic rings. The Morgan fingerprint density at radius 1 is 1.13 bits per heavy atom. The molecule has 0 aromatic heterocycles. The lowest BCUT2D eigenvalue weighted by Crippen LogP contribution is -2.42. The Bertz CT molecular complexity index is 597. The van der Waals surface area contributed by atoms with Crippen LogP contribution >= 0.6 is 0 Å². The van der Waals surface area contributed by atoms with E-state index in [1.165, 1.54) is 11.1 Å². The van der Waals surface area contributed by atoms with Crippen molar-refractivity contribution in [3.8, 4) is 0 Å². The summed E-state index contributed by atoms with van der Waals surface area (Å²) in [5.41, 5.74) is 2.53. The van der Waals surface area contributed by atoms with E-state index in [1.54, 1.807) is 14.0 Å². The van der Waals surface area contributed by atoms with Crippen LogP contribution in [0.4, 0.5) is 0 Å². The lowest BCUT2D eigenvalue weighted by atomic mass is 10.1. The Kier molecular flexibility index (Phi) is 8.05. The third kappa shape index (κ3) is 7.00. The second-order valence-corrected chi connectivity index (χ2v) is 7.39. The van der Waals surface area contributed by atoms with Crippen molar-refractivity contribution in [2.45, 2.75) is 26.8 Å². The van der Waals surface area contributed by atoms with Gasteiger partial charge >= 0.3 is 0 Å². The van der Waals surface area contributed by atoms with Gasteiger partial charge in [-0.1, -0.05) is 31.2 Å². The van der Waals surface area contributed by atoms with Gasteiger partial charge in [0.2, 0.25) is 10.0 Å². The molecule has 1 aromatic carbocycles. The number of aliphatic imine (C=N–C) groups is 1. The number of rotatable bonds is 8. The number of hydrogen-bond donors (Lipinski definition) is 2. The molecule has 6 nitrogen and oxygen atoms in total. The molecule has 1 rings (SSSR count). The van der Waals surface area contributed by atoms with Crippen molar-refractivity contribution in [1.82, 2.24) is 14.9 Å². The molecule has 0 radical (unpaired) electrons. The summed E-state index contributed by atoms with van der Waals surface area (Å²) >= 11 is 0. The molecule has 0 amide bonds. The van der Waals surface area contributed by atoms with E-state index in [-0.39, 0.29) is 5.75 Å². The van der Waals surface area contributed by atoms with E-state index in [4.69, 9.17) is 0 Å². The van der Waals surface area contributed by atoms with Crippen molar-refractivity contribution < 1.29 is 8.42 Å². The van der Waals surface area contributed by atoms with Gasteiger partial charge in [0, 0.05) is 33.7 Å². The Balaban J connectivity index is 2.47. The third-order valence-electron chi connectivity index (χ3n) is 3.53. The highest BCUT2D eigenvalue weighted by atomic mass is 32.2. The fourth-order valence-corrected chi connectivity index (χ4v) is 2.71. The minimum absolute atomic E-state index is 0.0926. The van der Waals surface area contributed by atoms with E-state index >= 15 is 0 Å². The van der Waals surface area contributed by atoms with Crippen LogP contribution in [0.1, 0.15) is 25.0 Å². The van der Waals surface area contributed by atoms with Crippen molar-refractivity contribution in [1.29, 1.82) is 0 Å². The van der Waals surface area contributed by atoms with Gasteiger partial charge in [-0.3, -0.25) is 4.99 Å². The van der Waals surface area contributed by atoms with Gasteiger partial charge in [0.05, 0.1) is 5.75 Å². The van der Waals surface area contributed by atoms with Crippen molar-refractivity contribution >= 4 is 16.0 Å². The molecular formula is C16H28N4O2S. The summed E-state index contributed by atoms with van der Waals surface area (Å²) in [5.74, 6) is 0.829. The number of benzene rings is 1. The lowest BCUT2D eigenvalue weighted by Gasteiger charge is -2.22. The molecule has 0 bridgehead atoms. The van der Waals surface area contributed by atoms with E-state index in [0.717, 1.165) is 18.9 Å². The fraction of sp³-hybridized carbons (Fsp3) is 0.562. The van der Waals surface area contributed by atoms with Gasteiger partial charge in [0.15, 0.2) is 5.96 Å². The molecule has 0 unspecified atom stereocenters. The molecule has 1 aromatic rings. The van der Waals surface area contributed by atoms with Crippen LogP contribution in [0.15, 0.2) is 29.3 Å². The van der Waals surface area contributed by atoms with E-state index in [0.29, 0.717) is 13.1 Å². The van der Waals surface area contributed by atoms with Crippen molar-refractivity contribution in [2.75, 3.05) is 32.9 Å². The predicted molar refractivity (Wildman–Crippen MR) is 96.1 cm³/mol. The number of hydrogen-bond acceptors (Lipinski definition) is 3. The van der Waals surface area contributed by atoms with Crippen LogP contribution in [0, 0.1) is 0 Å². The van der Waals surface area contributed by atoms with Crippen LogP contribution in [0.25, 0.3) is 0 Å². The summed E-state index contributed by atoms with van der Waals surface area (Å²) in [7, 11) is 0.532. The Hall–Kier alpha value is -1.60. The molecule has 0 heterocycles. The van der Waals surface area contributed by atoms with Crippen LogP contribution in [0.3, 0.4) is 0 Å². The molecule has 130 valence electrons. The number of aryl methyl sites for hydroxylation is 1. The first kappa shape index (κ1) is 19.4. The van der Waals surface area contributed by atoms with E-state index in [2.05, 4.69) is 46.2 Å². The average molecular weight is 340 g/mol. The molecule has 0 saturated heterocycles. The monoisotopic (exact) mass is 340 g/mol. The third-order valence-corrected chi connectivity index (χ3v) is 4.94. The van der Waals surface area contributed by atoms with Gasteiger partial charge < -0.3 is 10.2 Å². The molecule has 0 aliphatic heterocycles. The minimum atomic E-state index is -3.14. The Morgan fingerprint density at radius 3 is 2.26 bits per heavy atom. The molecule has 23 heavy (non-hydrogen) atoms. The largest absolute Gasteiger partial charge is 0.355 e. The van der Waals surface area contributed by atoms with E-state index < -0.39 is 10.0 Å². The van der Waals surface area contributed by atoms with Gasteiger partial charge in [-0.25, -0.2) is 13.1 Å². The van der Waals surface area contributed by atoms with Gasteiger partial charge in [0.25, 0.3) is 0 Å². The summed E-state index contributed by atoms with van der Waals surface area (Å²) in [6, 6.07) is 8.52. The maximum atomic E-state index is 11.4. The molecule has 0 aliphatic carbocycles. The van der Waals surface area contributed by atoms with E-state index in [1.807, 2.05) is 11.9 Å². The van der Waals surface area contributed by atoms with Gasteiger partial charge in [-0.15, -0.1) is 0 Å². The molecule has 0 atom stereocenters. The molecule has 0 spiro atoms. The molecule has 7 heteroatoms. The number of guanidine groups is 1. The number of sulfonamides is 1. The maximum Gasteiger partial charge on any atom is 0.211 e. The summed E-state index contributed by atoms with van der Waals surface area (Å²) in [6.07, 6.45) is 1.03. The lowest BCUT2D eigenvalue weighted by molar-refractivity contribution is 0.477. The van der Waals surface area contributed by atoms with Crippen LogP contribution in [-0.4, -0.2) is 52.2 Å². The second-order valence-electron chi connectivity index (χ2n) is 5.30. The van der Waals surface area contributed by atoms with Crippen LogP contribution < -0.4 is 10.0 Å².